The van der Waals surface area contributed by atoms with E-state index >= 15 is 0 Å². The van der Waals surface area contributed by atoms with Crippen molar-refractivity contribution < 1.29 is 14.3 Å². The number of nitrogens with one attached hydrogen (secondary N) is 1. The Balaban J connectivity index is 1.37. The number of piperidine rings is 1. The molecule has 5 nitrogen and oxygen atoms in total. The molecule has 2 saturated heterocycles. The van der Waals surface area contributed by atoms with Crippen LogP contribution in [0.5, 0.6) is 5.75 Å². The van der Waals surface area contributed by atoms with E-state index in [2.05, 4.69) is 11.4 Å². The summed E-state index contributed by atoms with van der Waals surface area (Å²) in [5.41, 5.74) is 1.18. The molecule has 1 N–H and O–H groups in total. The zero-order valence-corrected chi connectivity index (χ0v) is 15.2. The minimum absolute atomic E-state index is 0.0618. The first-order chi connectivity index (χ1) is 12.3. The SMILES string of the molecule is CCOc1cccc(CCNC(=O)N2CCC([C@@H]3CCCO3)CC2)c1. The van der Waals surface area contributed by atoms with Crippen molar-refractivity contribution in [1.82, 2.24) is 10.2 Å². The second-order valence-electron chi connectivity index (χ2n) is 6.94. The lowest BCUT2D eigenvalue weighted by Crippen LogP contribution is -2.46. The Bertz CT molecular complexity index is 550. The Morgan fingerprint density at radius 3 is 2.88 bits per heavy atom. The minimum Gasteiger partial charge on any atom is -0.494 e. The van der Waals surface area contributed by atoms with Gasteiger partial charge in [-0.25, -0.2) is 4.79 Å². The summed E-state index contributed by atoms with van der Waals surface area (Å²) in [6, 6.07) is 8.14. The highest BCUT2D eigenvalue weighted by Gasteiger charge is 2.30. The summed E-state index contributed by atoms with van der Waals surface area (Å²) >= 11 is 0. The third-order valence-corrected chi connectivity index (χ3v) is 5.22. The standard InChI is InChI=1S/C20H30N2O3/c1-2-24-18-6-3-5-16(15-18)8-11-21-20(23)22-12-9-17(10-13-22)19-7-4-14-25-19/h3,5-6,15,17,19H,2,4,7-14H2,1H3,(H,21,23)/t19-/m0/s1. The Hall–Kier alpha value is -1.75. The zero-order chi connectivity index (χ0) is 17.5. The molecular weight excluding hydrogens is 316 g/mol. The lowest BCUT2D eigenvalue weighted by atomic mass is 9.90. The van der Waals surface area contributed by atoms with E-state index in [1.807, 2.05) is 30.0 Å². The number of ether oxygens (including phenoxy) is 2. The number of benzene rings is 1. The van der Waals surface area contributed by atoms with Crippen molar-refractivity contribution in [2.45, 2.75) is 45.1 Å². The lowest BCUT2D eigenvalue weighted by molar-refractivity contribution is 0.0373. The highest BCUT2D eigenvalue weighted by molar-refractivity contribution is 5.74. The molecule has 2 aliphatic heterocycles. The van der Waals surface area contributed by atoms with Crippen LogP contribution in [0.2, 0.25) is 0 Å². The first kappa shape index (κ1) is 18.1. The quantitative estimate of drug-likeness (QED) is 0.860. The van der Waals surface area contributed by atoms with Gasteiger partial charge in [0.05, 0.1) is 12.7 Å². The van der Waals surface area contributed by atoms with Gasteiger partial charge in [0.25, 0.3) is 0 Å². The molecule has 1 atom stereocenters. The van der Waals surface area contributed by atoms with Crippen molar-refractivity contribution in [2.75, 3.05) is 32.8 Å². The normalized spacial score (nSPS) is 21.3. The molecule has 2 amide bonds. The molecule has 2 heterocycles. The molecule has 25 heavy (non-hydrogen) atoms. The van der Waals surface area contributed by atoms with E-state index < -0.39 is 0 Å². The van der Waals surface area contributed by atoms with Gasteiger partial charge >= 0.3 is 6.03 Å². The molecule has 0 radical (unpaired) electrons. The van der Waals surface area contributed by atoms with E-state index in [1.165, 1.54) is 18.4 Å². The van der Waals surface area contributed by atoms with E-state index in [-0.39, 0.29) is 6.03 Å². The summed E-state index contributed by atoms with van der Waals surface area (Å²) in [5, 5.41) is 3.05. The summed E-state index contributed by atoms with van der Waals surface area (Å²) in [4.78, 5) is 14.3. The molecule has 0 unspecified atom stereocenters. The van der Waals surface area contributed by atoms with Crippen LogP contribution in [0.3, 0.4) is 0 Å². The van der Waals surface area contributed by atoms with Gasteiger partial charge in [0.15, 0.2) is 0 Å². The molecule has 138 valence electrons. The average Bonchev–Trinajstić information content (AvgIpc) is 3.17. The molecule has 0 spiro atoms. The molecule has 1 aromatic rings. The molecule has 1 aromatic carbocycles. The number of hydrogen-bond acceptors (Lipinski definition) is 3. The summed E-state index contributed by atoms with van der Waals surface area (Å²) in [6.45, 7) is 5.90. The average molecular weight is 346 g/mol. The van der Waals surface area contributed by atoms with E-state index in [0.717, 1.165) is 44.7 Å². The maximum absolute atomic E-state index is 12.3. The van der Waals surface area contributed by atoms with Crippen LogP contribution >= 0.6 is 0 Å². The third-order valence-electron chi connectivity index (χ3n) is 5.22. The molecule has 0 aliphatic carbocycles. The summed E-state index contributed by atoms with van der Waals surface area (Å²) in [7, 11) is 0. The van der Waals surface area contributed by atoms with Gasteiger partial charge in [0, 0.05) is 26.2 Å². The number of carbonyl (C=O) groups excluding carboxylic acids is 1. The van der Waals surface area contributed by atoms with Crippen LogP contribution in [-0.4, -0.2) is 49.9 Å². The predicted octanol–water partition coefficient (Wildman–Crippen LogP) is 3.23. The number of likely N-dealkylation sites (tertiary alicyclic amines) is 1. The molecule has 0 saturated carbocycles. The van der Waals surface area contributed by atoms with E-state index in [9.17, 15) is 4.79 Å². The smallest absolute Gasteiger partial charge is 0.317 e. The van der Waals surface area contributed by atoms with Gasteiger partial charge in [0.1, 0.15) is 5.75 Å². The Kier molecular flexibility index (Phi) is 6.56. The van der Waals surface area contributed by atoms with Gasteiger partial charge in [-0.1, -0.05) is 12.1 Å². The molecule has 0 bridgehead atoms. The minimum atomic E-state index is 0.0618. The maximum atomic E-state index is 12.3. The Morgan fingerprint density at radius 1 is 1.32 bits per heavy atom. The third kappa shape index (κ3) is 5.11. The van der Waals surface area contributed by atoms with Crippen molar-refractivity contribution >= 4 is 6.03 Å². The zero-order valence-electron chi connectivity index (χ0n) is 15.2. The molecular formula is C20H30N2O3. The second-order valence-corrected chi connectivity index (χ2v) is 6.94. The van der Waals surface area contributed by atoms with Crippen molar-refractivity contribution in [3.05, 3.63) is 29.8 Å². The van der Waals surface area contributed by atoms with Crippen molar-refractivity contribution in [3.8, 4) is 5.75 Å². The number of amides is 2. The number of urea groups is 1. The molecule has 2 fully saturated rings. The van der Waals surface area contributed by atoms with Crippen LogP contribution in [-0.2, 0) is 11.2 Å². The fraction of sp³-hybridized carbons (Fsp3) is 0.650. The van der Waals surface area contributed by atoms with Crippen LogP contribution in [0, 0.1) is 5.92 Å². The lowest BCUT2D eigenvalue weighted by Gasteiger charge is -2.34. The van der Waals surface area contributed by atoms with Crippen molar-refractivity contribution in [2.24, 2.45) is 5.92 Å². The number of rotatable bonds is 6. The molecule has 0 aromatic heterocycles. The van der Waals surface area contributed by atoms with Crippen LogP contribution in [0.25, 0.3) is 0 Å². The molecule has 2 aliphatic rings. The van der Waals surface area contributed by atoms with Crippen molar-refractivity contribution in [1.29, 1.82) is 0 Å². The fourth-order valence-electron chi connectivity index (χ4n) is 3.83. The highest BCUT2D eigenvalue weighted by Crippen LogP contribution is 2.28. The second kappa shape index (κ2) is 9.09. The predicted molar refractivity (Wildman–Crippen MR) is 98.0 cm³/mol. The van der Waals surface area contributed by atoms with Crippen LogP contribution in [0.1, 0.15) is 38.2 Å². The van der Waals surface area contributed by atoms with Gasteiger partial charge in [-0.15, -0.1) is 0 Å². The van der Waals surface area contributed by atoms with Crippen molar-refractivity contribution in [3.63, 3.8) is 0 Å². The van der Waals surface area contributed by atoms with Gasteiger partial charge in [0.2, 0.25) is 0 Å². The molecule has 3 rings (SSSR count). The first-order valence-corrected chi connectivity index (χ1v) is 9.62. The Labute approximate surface area is 150 Å². The monoisotopic (exact) mass is 346 g/mol. The van der Waals surface area contributed by atoms with E-state index in [0.29, 0.717) is 25.2 Å². The number of carbonyl (C=O) groups is 1. The van der Waals surface area contributed by atoms with E-state index in [4.69, 9.17) is 9.47 Å². The largest absolute Gasteiger partial charge is 0.494 e. The highest BCUT2D eigenvalue weighted by atomic mass is 16.5. The van der Waals surface area contributed by atoms with Gasteiger partial charge in [-0.2, -0.15) is 0 Å². The fourth-order valence-corrected chi connectivity index (χ4v) is 3.83. The van der Waals surface area contributed by atoms with Crippen LogP contribution < -0.4 is 10.1 Å². The Morgan fingerprint density at radius 2 is 2.16 bits per heavy atom. The first-order valence-electron chi connectivity index (χ1n) is 9.62. The van der Waals surface area contributed by atoms with Gasteiger partial charge in [-0.05, 0) is 62.6 Å². The van der Waals surface area contributed by atoms with Crippen LogP contribution in [0.4, 0.5) is 4.79 Å². The number of hydrogen-bond donors (Lipinski definition) is 1. The van der Waals surface area contributed by atoms with E-state index in [1.54, 1.807) is 0 Å². The molecule has 5 heteroatoms. The summed E-state index contributed by atoms with van der Waals surface area (Å²) < 4.78 is 11.3. The summed E-state index contributed by atoms with van der Waals surface area (Å²) in [6.07, 6.45) is 5.76. The number of nitrogens with zero attached hydrogens (tertiary/aromatic N) is 1. The van der Waals surface area contributed by atoms with Crippen LogP contribution in [0.15, 0.2) is 24.3 Å². The topological polar surface area (TPSA) is 50.8 Å². The summed E-state index contributed by atoms with van der Waals surface area (Å²) in [5.74, 6) is 1.52. The van der Waals surface area contributed by atoms with Gasteiger partial charge in [-0.3, -0.25) is 0 Å². The van der Waals surface area contributed by atoms with Gasteiger partial charge < -0.3 is 19.7 Å². The maximum Gasteiger partial charge on any atom is 0.317 e.